The zero-order chi connectivity index (χ0) is 10.6. The number of aromatic nitrogens is 3. The summed E-state index contributed by atoms with van der Waals surface area (Å²) in [4.78, 5) is 6.31. The van der Waals surface area contributed by atoms with Gasteiger partial charge in [0.05, 0.1) is 13.2 Å². The first-order valence-corrected chi connectivity index (χ1v) is 4.83. The molecule has 1 aromatic rings. The SMILES string of the molecule is CC(C)N(CCO)Cc1ncnn1C. The van der Waals surface area contributed by atoms with Crippen molar-refractivity contribution in [2.75, 3.05) is 13.2 Å². The highest BCUT2D eigenvalue weighted by atomic mass is 16.3. The molecule has 0 aliphatic carbocycles. The van der Waals surface area contributed by atoms with Crippen LogP contribution in [0.15, 0.2) is 6.33 Å². The maximum Gasteiger partial charge on any atom is 0.140 e. The molecule has 1 heterocycles. The molecule has 0 bridgehead atoms. The van der Waals surface area contributed by atoms with Crippen LogP contribution in [0.25, 0.3) is 0 Å². The molecule has 1 N–H and O–H groups in total. The fraction of sp³-hybridized carbons (Fsp3) is 0.778. The third-order valence-electron chi connectivity index (χ3n) is 2.27. The lowest BCUT2D eigenvalue weighted by atomic mass is 10.3. The molecular formula is C9H18N4O. The van der Waals surface area contributed by atoms with Crippen LogP contribution in [0.1, 0.15) is 19.7 Å². The van der Waals surface area contributed by atoms with Crippen molar-refractivity contribution < 1.29 is 5.11 Å². The van der Waals surface area contributed by atoms with Crippen molar-refractivity contribution in [2.24, 2.45) is 7.05 Å². The van der Waals surface area contributed by atoms with E-state index in [2.05, 4.69) is 28.8 Å². The topological polar surface area (TPSA) is 54.2 Å². The predicted molar refractivity (Wildman–Crippen MR) is 53.6 cm³/mol. The van der Waals surface area contributed by atoms with Crippen molar-refractivity contribution >= 4 is 0 Å². The van der Waals surface area contributed by atoms with Gasteiger partial charge in [-0.3, -0.25) is 9.58 Å². The molecule has 0 atom stereocenters. The van der Waals surface area contributed by atoms with Crippen LogP contribution in [0.3, 0.4) is 0 Å². The third kappa shape index (κ3) is 2.78. The summed E-state index contributed by atoms with van der Waals surface area (Å²) in [6.07, 6.45) is 1.55. The Morgan fingerprint density at radius 3 is 2.71 bits per heavy atom. The molecule has 0 aliphatic rings. The van der Waals surface area contributed by atoms with Crippen molar-refractivity contribution in [1.82, 2.24) is 19.7 Å². The first kappa shape index (κ1) is 11.1. The monoisotopic (exact) mass is 198 g/mol. The first-order valence-electron chi connectivity index (χ1n) is 4.83. The summed E-state index contributed by atoms with van der Waals surface area (Å²) in [5, 5.41) is 12.9. The van der Waals surface area contributed by atoms with Crippen LogP contribution in [0.4, 0.5) is 0 Å². The van der Waals surface area contributed by atoms with Gasteiger partial charge in [-0.05, 0) is 13.8 Å². The van der Waals surface area contributed by atoms with Gasteiger partial charge < -0.3 is 5.11 Å². The van der Waals surface area contributed by atoms with Gasteiger partial charge in [-0.2, -0.15) is 5.10 Å². The van der Waals surface area contributed by atoms with Gasteiger partial charge in [0.15, 0.2) is 0 Å². The van der Waals surface area contributed by atoms with Gasteiger partial charge in [0.2, 0.25) is 0 Å². The van der Waals surface area contributed by atoms with E-state index in [1.54, 1.807) is 11.0 Å². The molecule has 0 aromatic carbocycles. The summed E-state index contributed by atoms with van der Waals surface area (Å²) >= 11 is 0. The summed E-state index contributed by atoms with van der Waals surface area (Å²) in [7, 11) is 1.87. The van der Waals surface area contributed by atoms with E-state index >= 15 is 0 Å². The van der Waals surface area contributed by atoms with Gasteiger partial charge in [0, 0.05) is 19.6 Å². The largest absolute Gasteiger partial charge is 0.395 e. The van der Waals surface area contributed by atoms with E-state index < -0.39 is 0 Å². The molecule has 1 aromatic heterocycles. The van der Waals surface area contributed by atoms with Crippen molar-refractivity contribution in [3.05, 3.63) is 12.2 Å². The normalized spacial score (nSPS) is 11.6. The number of nitrogens with zero attached hydrogens (tertiary/aromatic N) is 4. The molecule has 5 heteroatoms. The minimum absolute atomic E-state index is 0.177. The van der Waals surface area contributed by atoms with Crippen LogP contribution < -0.4 is 0 Å². The van der Waals surface area contributed by atoms with Gasteiger partial charge in [-0.1, -0.05) is 0 Å². The summed E-state index contributed by atoms with van der Waals surface area (Å²) in [6.45, 7) is 5.79. The standard InChI is InChI=1S/C9H18N4O/c1-8(2)13(4-5-14)6-9-10-7-11-12(9)3/h7-8,14H,4-6H2,1-3H3. The molecule has 5 nitrogen and oxygen atoms in total. The molecule has 80 valence electrons. The molecule has 0 saturated heterocycles. The Labute approximate surface area is 84.4 Å². The fourth-order valence-electron chi connectivity index (χ4n) is 1.29. The van der Waals surface area contributed by atoms with Crippen LogP contribution >= 0.6 is 0 Å². The van der Waals surface area contributed by atoms with Crippen molar-refractivity contribution in [3.8, 4) is 0 Å². The van der Waals surface area contributed by atoms with E-state index in [4.69, 9.17) is 5.11 Å². The smallest absolute Gasteiger partial charge is 0.140 e. The molecule has 1 rings (SSSR count). The van der Waals surface area contributed by atoms with Crippen LogP contribution in [0, 0.1) is 0 Å². The molecule has 0 spiro atoms. The van der Waals surface area contributed by atoms with Crippen LogP contribution in [-0.4, -0.2) is 44.0 Å². The van der Waals surface area contributed by atoms with E-state index in [9.17, 15) is 0 Å². The van der Waals surface area contributed by atoms with Crippen molar-refractivity contribution in [2.45, 2.75) is 26.4 Å². The number of hydrogen-bond donors (Lipinski definition) is 1. The van der Waals surface area contributed by atoms with Crippen LogP contribution in [-0.2, 0) is 13.6 Å². The molecule has 0 aliphatic heterocycles. The average Bonchev–Trinajstić information content (AvgIpc) is 2.51. The maximum atomic E-state index is 8.90. The Morgan fingerprint density at radius 2 is 2.29 bits per heavy atom. The van der Waals surface area contributed by atoms with Gasteiger partial charge >= 0.3 is 0 Å². The van der Waals surface area contributed by atoms with Gasteiger partial charge in [0.25, 0.3) is 0 Å². The second-order valence-corrected chi connectivity index (χ2v) is 3.59. The molecule has 0 amide bonds. The van der Waals surface area contributed by atoms with E-state index in [0.29, 0.717) is 12.6 Å². The molecule has 0 fully saturated rings. The number of rotatable bonds is 5. The zero-order valence-electron chi connectivity index (χ0n) is 9.01. The Balaban J connectivity index is 2.60. The average molecular weight is 198 g/mol. The fourth-order valence-corrected chi connectivity index (χ4v) is 1.29. The summed E-state index contributed by atoms with van der Waals surface area (Å²) < 4.78 is 1.76. The molecule has 0 saturated carbocycles. The second-order valence-electron chi connectivity index (χ2n) is 3.59. The van der Waals surface area contributed by atoms with Gasteiger partial charge in [-0.15, -0.1) is 0 Å². The van der Waals surface area contributed by atoms with Crippen LogP contribution in [0.2, 0.25) is 0 Å². The third-order valence-corrected chi connectivity index (χ3v) is 2.27. The molecule has 14 heavy (non-hydrogen) atoms. The number of aliphatic hydroxyl groups excluding tert-OH is 1. The minimum atomic E-state index is 0.177. The highest BCUT2D eigenvalue weighted by molar-refractivity contribution is 4.84. The lowest BCUT2D eigenvalue weighted by Gasteiger charge is -2.24. The Morgan fingerprint density at radius 1 is 1.57 bits per heavy atom. The Kier molecular flexibility index (Phi) is 4.03. The van der Waals surface area contributed by atoms with Crippen molar-refractivity contribution in [1.29, 1.82) is 0 Å². The highest BCUT2D eigenvalue weighted by Gasteiger charge is 2.11. The van der Waals surface area contributed by atoms with Gasteiger partial charge in [-0.25, -0.2) is 4.98 Å². The Hall–Kier alpha value is -0.940. The summed E-state index contributed by atoms with van der Waals surface area (Å²) in [5.41, 5.74) is 0. The molecule has 0 radical (unpaired) electrons. The van der Waals surface area contributed by atoms with E-state index in [-0.39, 0.29) is 6.61 Å². The van der Waals surface area contributed by atoms with Crippen LogP contribution in [0.5, 0.6) is 0 Å². The summed E-state index contributed by atoms with van der Waals surface area (Å²) in [6, 6.07) is 0.402. The van der Waals surface area contributed by atoms with E-state index in [1.165, 1.54) is 0 Å². The molecular weight excluding hydrogens is 180 g/mol. The predicted octanol–water partition coefficient (Wildman–Crippen LogP) is 0.0178. The number of aliphatic hydroxyl groups is 1. The van der Waals surface area contributed by atoms with Gasteiger partial charge in [0.1, 0.15) is 12.2 Å². The zero-order valence-corrected chi connectivity index (χ0v) is 9.01. The first-order chi connectivity index (χ1) is 6.65. The highest BCUT2D eigenvalue weighted by Crippen LogP contribution is 2.03. The number of aryl methyl sites for hydroxylation is 1. The minimum Gasteiger partial charge on any atom is -0.395 e. The molecule has 0 unspecified atom stereocenters. The lowest BCUT2D eigenvalue weighted by molar-refractivity contribution is 0.154. The van der Waals surface area contributed by atoms with E-state index in [0.717, 1.165) is 12.4 Å². The van der Waals surface area contributed by atoms with Crippen molar-refractivity contribution in [3.63, 3.8) is 0 Å². The van der Waals surface area contributed by atoms with E-state index in [1.807, 2.05) is 7.05 Å². The summed E-state index contributed by atoms with van der Waals surface area (Å²) in [5.74, 6) is 0.923. The lowest BCUT2D eigenvalue weighted by Crippen LogP contribution is -2.33. The number of hydrogen-bond acceptors (Lipinski definition) is 4. The maximum absolute atomic E-state index is 8.90. The second kappa shape index (κ2) is 5.07. The quantitative estimate of drug-likeness (QED) is 0.724. The Bertz CT molecular complexity index is 272.